The van der Waals surface area contributed by atoms with Gasteiger partial charge in [0.25, 0.3) is 0 Å². The Morgan fingerprint density at radius 3 is 2.67 bits per heavy atom. The maximum atomic E-state index is 14.1. The Kier molecular flexibility index (Phi) is 3.91. The van der Waals surface area contributed by atoms with Crippen molar-refractivity contribution >= 4 is 5.82 Å². The summed E-state index contributed by atoms with van der Waals surface area (Å²) in [5.41, 5.74) is -0.341. The molecule has 0 bridgehead atoms. The predicted molar refractivity (Wildman–Crippen MR) is 79.8 cm³/mol. The van der Waals surface area contributed by atoms with E-state index < -0.39 is 17.4 Å². The van der Waals surface area contributed by atoms with Gasteiger partial charge >= 0.3 is 6.18 Å². The van der Waals surface area contributed by atoms with Crippen LogP contribution in [0.5, 0.6) is 0 Å². The second-order valence-corrected chi connectivity index (χ2v) is 5.61. The quantitative estimate of drug-likeness (QED) is 0.732. The molecule has 124 valence electrons. The van der Waals surface area contributed by atoms with E-state index in [0.29, 0.717) is 18.5 Å². The van der Waals surface area contributed by atoms with E-state index in [0.717, 1.165) is 11.6 Å². The Morgan fingerprint density at radius 1 is 1.25 bits per heavy atom. The first-order chi connectivity index (χ1) is 11.3. The van der Waals surface area contributed by atoms with Gasteiger partial charge in [0, 0.05) is 12.1 Å². The zero-order chi connectivity index (χ0) is 17.5. The molecule has 0 spiro atoms. The number of anilines is 1. The molecule has 0 N–H and O–H groups in total. The lowest BCUT2D eigenvalue weighted by Gasteiger charge is -2.36. The monoisotopic (exact) mass is 335 g/mol. The fourth-order valence-corrected chi connectivity index (χ4v) is 3.09. The third-order valence-electron chi connectivity index (χ3n) is 4.24. The lowest BCUT2D eigenvalue weighted by Crippen LogP contribution is -2.35. The number of nitrogens with zero attached hydrogens (tertiary/aromatic N) is 3. The number of hydrogen-bond donors (Lipinski definition) is 0. The van der Waals surface area contributed by atoms with Crippen molar-refractivity contribution in [3.8, 4) is 6.07 Å². The van der Waals surface area contributed by atoms with Gasteiger partial charge in [0.2, 0.25) is 0 Å². The Labute approximate surface area is 136 Å². The number of pyridine rings is 1. The number of nitriles is 1. The first-order valence-corrected chi connectivity index (χ1v) is 7.35. The van der Waals surface area contributed by atoms with Gasteiger partial charge in [0.15, 0.2) is 5.69 Å². The van der Waals surface area contributed by atoms with Crippen LogP contribution in [-0.2, 0) is 12.6 Å². The molecule has 24 heavy (non-hydrogen) atoms. The molecule has 0 radical (unpaired) electrons. The standard InChI is InChI=1S/C17H13F4N3/c1-10-16-11(3-2-4-13(16)18)7-8-24(10)15-6-5-12(17(19,20)21)14(9-22)23-15/h2-6,10H,7-8H2,1H3. The average Bonchev–Trinajstić information content (AvgIpc) is 2.53. The van der Waals surface area contributed by atoms with Gasteiger partial charge in [-0.05, 0) is 37.1 Å². The number of fused-ring (bicyclic) bond motifs is 1. The summed E-state index contributed by atoms with van der Waals surface area (Å²) in [6.07, 6.45) is -4.08. The first kappa shape index (κ1) is 16.2. The summed E-state index contributed by atoms with van der Waals surface area (Å²) in [7, 11) is 0. The molecule has 1 aliphatic rings. The van der Waals surface area contributed by atoms with E-state index in [-0.39, 0.29) is 17.7 Å². The molecule has 0 fully saturated rings. The predicted octanol–water partition coefficient (Wildman–Crippen LogP) is 4.23. The molecule has 0 aliphatic carbocycles. The minimum Gasteiger partial charge on any atom is -0.349 e. The van der Waals surface area contributed by atoms with Crippen LogP contribution >= 0.6 is 0 Å². The normalized spacial score (nSPS) is 17.3. The van der Waals surface area contributed by atoms with Crippen molar-refractivity contribution in [1.82, 2.24) is 4.98 Å². The number of aromatic nitrogens is 1. The van der Waals surface area contributed by atoms with Crippen molar-refractivity contribution in [3.63, 3.8) is 0 Å². The number of benzene rings is 1. The van der Waals surface area contributed by atoms with Crippen LogP contribution in [0.25, 0.3) is 0 Å². The van der Waals surface area contributed by atoms with Crippen molar-refractivity contribution in [2.75, 3.05) is 11.4 Å². The molecule has 1 aromatic carbocycles. The molecule has 3 nitrogen and oxygen atoms in total. The third-order valence-corrected chi connectivity index (χ3v) is 4.24. The van der Waals surface area contributed by atoms with Gasteiger partial charge in [0.1, 0.15) is 17.7 Å². The van der Waals surface area contributed by atoms with Crippen LogP contribution in [0, 0.1) is 17.1 Å². The first-order valence-electron chi connectivity index (χ1n) is 7.35. The van der Waals surface area contributed by atoms with Crippen LogP contribution < -0.4 is 4.90 Å². The summed E-state index contributed by atoms with van der Waals surface area (Å²) in [5.74, 6) is -0.113. The highest BCUT2D eigenvalue weighted by atomic mass is 19.4. The van der Waals surface area contributed by atoms with Gasteiger partial charge in [-0.3, -0.25) is 0 Å². The lowest BCUT2D eigenvalue weighted by atomic mass is 9.93. The van der Waals surface area contributed by atoms with Gasteiger partial charge < -0.3 is 4.90 Å². The van der Waals surface area contributed by atoms with Gasteiger partial charge in [0.05, 0.1) is 11.6 Å². The topological polar surface area (TPSA) is 39.9 Å². The van der Waals surface area contributed by atoms with Gasteiger partial charge in [-0.2, -0.15) is 18.4 Å². The summed E-state index contributed by atoms with van der Waals surface area (Å²) in [6, 6.07) is 8.03. The molecule has 3 rings (SSSR count). The van der Waals surface area contributed by atoms with Crippen LogP contribution in [0.2, 0.25) is 0 Å². The van der Waals surface area contributed by atoms with E-state index in [1.165, 1.54) is 18.2 Å². The van der Waals surface area contributed by atoms with Crippen molar-refractivity contribution in [2.24, 2.45) is 0 Å². The van der Waals surface area contributed by atoms with Crippen molar-refractivity contribution in [2.45, 2.75) is 25.6 Å². The molecular weight excluding hydrogens is 322 g/mol. The maximum absolute atomic E-state index is 14.1. The zero-order valence-corrected chi connectivity index (χ0v) is 12.7. The highest BCUT2D eigenvalue weighted by molar-refractivity contribution is 5.51. The smallest absolute Gasteiger partial charge is 0.349 e. The average molecular weight is 335 g/mol. The zero-order valence-electron chi connectivity index (χ0n) is 12.7. The molecule has 2 aromatic rings. The highest BCUT2D eigenvalue weighted by Crippen LogP contribution is 2.36. The summed E-state index contributed by atoms with van der Waals surface area (Å²) in [4.78, 5) is 5.57. The summed E-state index contributed by atoms with van der Waals surface area (Å²) in [5, 5.41) is 8.98. The van der Waals surface area contributed by atoms with E-state index in [9.17, 15) is 17.6 Å². The maximum Gasteiger partial charge on any atom is 0.419 e. The Morgan fingerprint density at radius 2 is 2.00 bits per heavy atom. The van der Waals surface area contributed by atoms with Crippen LogP contribution in [0.4, 0.5) is 23.4 Å². The van der Waals surface area contributed by atoms with Crippen LogP contribution in [0.1, 0.15) is 35.3 Å². The summed E-state index contributed by atoms with van der Waals surface area (Å²) in [6.45, 7) is 2.26. The highest BCUT2D eigenvalue weighted by Gasteiger charge is 2.35. The number of halogens is 4. The SMILES string of the molecule is CC1c2c(F)cccc2CCN1c1ccc(C(F)(F)F)c(C#N)n1. The van der Waals surface area contributed by atoms with E-state index >= 15 is 0 Å². The lowest BCUT2D eigenvalue weighted by molar-refractivity contribution is -0.138. The Balaban J connectivity index is 2.02. The minimum atomic E-state index is -4.64. The number of rotatable bonds is 1. The minimum absolute atomic E-state index is 0.237. The van der Waals surface area contributed by atoms with Gasteiger partial charge in [-0.1, -0.05) is 12.1 Å². The van der Waals surface area contributed by atoms with E-state index in [4.69, 9.17) is 5.26 Å². The largest absolute Gasteiger partial charge is 0.419 e. The molecule has 1 unspecified atom stereocenters. The molecule has 0 saturated carbocycles. The van der Waals surface area contributed by atoms with Crippen LogP contribution in [-0.4, -0.2) is 11.5 Å². The summed E-state index contributed by atoms with van der Waals surface area (Å²) < 4.78 is 52.8. The molecule has 0 amide bonds. The van der Waals surface area contributed by atoms with Gasteiger partial charge in [-0.25, -0.2) is 9.37 Å². The van der Waals surface area contributed by atoms with E-state index in [1.807, 2.05) is 6.07 Å². The van der Waals surface area contributed by atoms with Crippen LogP contribution in [0.3, 0.4) is 0 Å². The number of hydrogen-bond acceptors (Lipinski definition) is 3. The van der Waals surface area contributed by atoms with Crippen molar-refractivity contribution < 1.29 is 17.6 Å². The van der Waals surface area contributed by atoms with Crippen molar-refractivity contribution in [3.05, 3.63) is 58.5 Å². The molecule has 2 heterocycles. The molecule has 7 heteroatoms. The third kappa shape index (κ3) is 2.68. The fourth-order valence-electron chi connectivity index (χ4n) is 3.09. The molecule has 1 aliphatic heterocycles. The Bertz CT molecular complexity index is 824. The molecular formula is C17H13F4N3. The Hall–Kier alpha value is -2.62. The molecule has 1 aromatic heterocycles. The van der Waals surface area contributed by atoms with E-state index in [2.05, 4.69) is 4.98 Å². The van der Waals surface area contributed by atoms with Crippen LogP contribution in [0.15, 0.2) is 30.3 Å². The second-order valence-electron chi connectivity index (χ2n) is 5.61. The summed E-state index contributed by atoms with van der Waals surface area (Å²) >= 11 is 0. The molecule has 0 saturated heterocycles. The number of alkyl halides is 3. The van der Waals surface area contributed by atoms with E-state index in [1.54, 1.807) is 17.9 Å². The van der Waals surface area contributed by atoms with Crippen molar-refractivity contribution in [1.29, 1.82) is 5.26 Å². The van der Waals surface area contributed by atoms with Gasteiger partial charge in [-0.15, -0.1) is 0 Å². The second kappa shape index (κ2) is 5.78. The molecule has 1 atom stereocenters. The fraction of sp³-hybridized carbons (Fsp3) is 0.294.